The molecule has 30 heavy (non-hydrogen) atoms. The van der Waals surface area contributed by atoms with Crippen LogP contribution in [-0.2, 0) is 21.4 Å². The highest BCUT2D eigenvalue weighted by atomic mass is 32.2. The van der Waals surface area contributed by atoms with Crippen molar-refractivity contribution in [3.05, 3.63) is 53.0 Å². The average Bonchev–Trinajstić information content (AvgIpc) is 3.17. The van der Waals surface area contributed by atoms with Crippen molar-refractivity contribution >= 4 is 15.9 Å². The number of carbonyl (C=O) groups excluding carboxylic acids is 1. The summed E-state index contributed by atoms with van der Waals surface area (Å²) in [6.07, 6.45) is 3.70. The summed E-state index contributed by atoms with van der Waals surface area (Å²) >= 11 is 0. The molecule has 0 radical (unpaired) electrons. The minimum Gasteiger partial charge on any atom is -0.468 e. The Morgan fingerprint density at radius 2 is 1.80 bits per heavy atom. The molecule has 0 atom stereocenters. The van der Waals surface area contributed by atoms with E-state index in [2.05, 4.69) is 6.92 Å². The lowest BCUT2D eigenvalue weighted by Crippen LogP contribution is -2.40. The summed E-state index contributed by atoms with van der Waals surface area (Å²) < 4.78 is 34.0. The van der Waals surface area contributed by atoms with Crippen LogP contribution in [0.3, 0.4) is 0 Å². The van der Waals surface area contributed by atoms with E-state index >= 15 is 0 Å². The third-order valence-electron chi connectivity index (χ3n) is 5.83. The molecule has 0 unspecified atom stereocenters. The molecular weight excluding hydrogens is 400 g/mol. The highest BCUT2D eigenvalue weighted by Crippen LogP contribution is 2.27. The minimum absolute atomic E-state index is 0.0129. The van der Waals surface area contributed by atoms with E-state index in [1.54, 1.807) is 12.1 Å². The van der Waals surface area contributed by atoms with Gasteiger partial charge in [-0.1, -0.05) is 24.6 Å². The molecule has 2 aromatic rings. The van der Waals surface area contributed by atoms with E-state index in [4.69, 9.17) is 4.42 Å². The highest BCUT2D eigenvalue weighted by molar-refractivity contribution is 7.89. The Kier molecular flexibility index (Phi) is 7.03. The fraction of sp³-hybridized carbons (Fsp3) is 0.522. The summed E-state index contributed by atoms with van der Waals surface area (Å²) in [6, 6.07) is 7.25. The van der Waals surface area contributed by atoms with Gasteiger partial charge >= 0.3 is 0 Å². The lowest BCUT2D eigenvalue weighted by Gasteiger charge is -2.31. The standard InChI is InChI=1S/C23H32N2O4S/c1-17-7-10-24(11-8-17)22(26)9-12-25(16-21-6-5-13-29-21)30(27,28)23-19(3)14-18(2)15-20(23)4/h5-6,13-15,17H,7-12,16H2,1-4H3. The molecule has 164 valence electrons. The van der Waals surface area contributed by atoms with E-state index in [1.807, 2.05) is 37.8 Å². The van der Waals surface area contributed by atoms with Crippen LogP contribution in [-0.4, -0.2) is 43.2 Å². The maximum Gasteiger partial charge on any atom is 0.244 e. The number of hydrogen-bond donors (Lipinski definition) is 0. The first-order valence-electron chi connectivity index (χ1n) is 10.6. The minimum atomic E-state index is -3.79. The van der Waals surface area contributed by atoms with Crippen molar-refractivity contribution in [2.75, 3.05) is 19.6 Å². The number of rotatable bonds is 7. The van der Waals surface area contributed by atoms with Crippen molar-refractivity contribution in [3.63, 3.8) is 0 Å². The molecule has 1 saturated heterocycles. The number of amides is 1. The van der Waals surface area contributed by atoms with Gasteiger partial charge in [0.2, 0.25) is 15.9 Å². The second-order valence-electron chi connectivity index (χ2n) is 8.46. The molecule has 3 rings (SSSR count). The molecule has 6 nitrogen and oxygen atoms in total. The quantitative estimate of drug-likeness (QED) is 0.662. The van der Waals surface area contributed by atoms with Gasteiger partial charge in [-0.05, 0) is 62.8 Å². The van der Waals surface area contributed by atoms with E-state index in [0.29, 0.717) is 27.7 Å². The van der Waals surface area contributed by atoms with Gasteiger partial charge in [0.1, 0.15) is 5.76 Å². The van der Waals surface area contributed by atoms with E-state index in [-0.39, 0.29) is 25.4 Å². The third-order valence-corrected chi connectivity index (χ3v) is 7.98. The second kappa shape index (κ2) is 9.35. The van der Waals surface area contributed by atoms with E-state index < -0.39 is 10.0 Å². The average molecular weight is 433 g/mol. The van der Waals surface area contributed by atoms with Crippen LogP contribution in [0.15, 0.2) is 39.8 Å². The van der Waals surface area contributed by atoms with Crippen LogP contribution < -0.4 is 0 Å². The predicted octanol–water partition coefficient (Wildman–Crippen LogP) is 4.04. The molecule has 1 aliphatic rings. The Morgan fingerprint density at radius 3 is 2.37 bits per heavy atom. The number of likely N-dealkylation sites (tertiary alicyclic amines) is 1. The molecule has 1 aromatic heterocycles. The molecular formula is C23H32N2O4S. The normalized spacial score (nSPS) is 15.7. The Bertz CT molecular complexity index is 952. The molecule has 0 saturated carbocycles. The lowest BCUT2D eigenvalue weighted by atomic mass is 9.99. The summed E-state index contributed by atoms with van der Waals surface area (Å²) in [6.45, 7) is 9.52. The van der Waals surface area contributed by atoms with Gasteiger partial charge < -0.3 is 9.32 Å². The van der Waals surface area contributed by atoms with Gasteiger partial charge in [0, 0.05) is 26.1 Å². The molecule has 0 N–H and O–H groups in total. The fourth-order valence-electron chi connectivity index (χ4n) is 4.20. The van der Waals surface area contributed by atoms with Crippen molar-refractivity contribution in [1.29, 1.82) is 0 Å². The second-order valence-corrected chi connectivity index (χ2v) is 10.3. The maximum atomic E-state index is 13.6. The Morgan fingerprint density at radius 1 is 1.17 bits per heavy atom. The van der Waals surface area contributed by atoms with E-state index in [0.717, 1.165) is 31.5 Å². The van der Waals surface area contributed by atoms with Crippen LogP contribution in [0, 0.1) is 26.7 Å². The summed E-state index contributed by atoms with van der Waals surface area (Å²) in [7, 11) is -3.79. The first-order chi connectivity index (χ1) is 14.2. The maximum absolute atomic E-state index is 13.6. The summed E-state index contributed by atoms with van der Waals surface area (Å²) in [5.74, 6) is 1.21. The zero-order valence-electron chi connectivity index (χ0n) is 18.3. The van der Waals surface area contributed by atoms with Crippen molar-refractivity contribution in [2.45, 2.75) is 58.4 Å². The predicted molar refractivity (Wildman–Crippen MR) is 117 cm³/mol. The van der Waals surface area contributed by atoms with Crippen LogP contribution in [0.1, 0.15) is 48.6 Å². The topological polar surface area (TPSA) is 70.8 Å². The first kappa shape index (κ1) is 22.6. The molecule has 0 bridgehead atoms. The Labute approximate surface area is 179 Å². The summed E-state index contributed by atoms with van der Waals surface area (Å²) in [5.41, 5.74) is 2.46. The third kappa shape index (κ3) is 5.13. The summed E-state index contributed by atoms with van der Waals surface area (Å²) in [4.78, 5) is 14.9. The number of carbonyl (C=O) groups is 1. The van der Waals surface area contributed by atoms with Gasteiger partial charge in [-0.3, -0.25) is 4.79 Å². The fourth-order valence-corrected chi connectivity index (χ4v) is 6.02. The van der Waals surface area contributed by atoms with Crippen LogP contribution in [0.25, 0.3) is 0 Å². The SMILES string of the molecule is Cc1cc(C)c(S(=O)(=O)N(CCC(=O)N2CCC(C)CC2)Cc2ccco2)c(C)c1. The van der Waals surface area contributed by atoms with Crippen LogP contribution in [0.4, 0.5) is 0 Å². The number of sulfonamides is 1. The summed E-state index contributed by atoms with van der Waals surface area (Å²) in [5, 5.41) is 0. The molecule has 0 spiro atoms. The van der Waals surface area contributed by atoms with Gasteiger partial charge in [0.25, 0.3) is 0 Å². The van der Waals surface area contributed by atoms with Crippen molar-refractivity contribution in [1.82, 2.24) is 9.21 Å². The Balaban J connectivity index is 1.83. The van der Waals surface area contributed by atoms with E-state index in [9.17, 15) is 13.2 Å². The van der Waals surface area contributed by atoms with Gasteiger partial charge in [-0.15, -0.1) is 0 Å². The molecule has 1 amide bonds. The molecule has 2 heterocycles. The van der Waals surface area contributed by atoms with Crippen molar-refractivity contribution in [3.8, 4) is 0 Å². The van der Waals surface area contributed by atoms with Crippen LogP contribution >= 0.6 is 0 Å². The van der Waals surface area contributed by atoms with Crippen LogP contribution in [0.5, 0.6) is 0 Å². The van der Waals surface area contributed by atoms with Gasteiger partial charge in [0.05, 0.1) is 17.7 Å². The lowest BCUT2D eigenvalue weighted by molar-refractivity contribution is -0.132. The van der Waals surface area contributed by atoms with E-state index in [1.165, 1.54) is 10.6 Å². The molecule has 0 aliphatic carbocycles. The van der Waals surface area contributed by atoms with Crippen LogP contribution in [0.2, 0.25) is 0 Å². The number of benzene rings is 1. The zero-order chi connectivity index (χ0) is 21.9. The van der Waals surface area contributed by atoms with Crippen molar-refractivity contribution < 1.29 is 17.6 Å². The smallest absolute Gasteiger partial charge is 0.244 e. The van der Waals surface area contributed by atoms with Gasteiger partial charge in [0.15, 0.2) is 0 Å². The number of aryl methyl sites for hydroxylation is 3. The molecule has 1 aromatic carbocycles. The highest BCUT2D eigenvalue weighted by Gasteiger charge is 2.30. The number of hydrogen-bond acceptors (Lipinski definition) is 4. The number of nitrogens with zero attached hydrogens (tertiary/aromatic N) is 2. The first-order valence-corrected chi connectivity index (χ1v) is 12.0. The number of piperidine rings is 1. The monoisotopic (exact) mass is 432 g/mol. The largest absolute Gasteiger partial charge is 0.468 e. The van der Waals surface area contributed by atoms with Gasteiger partial charge in [-0.25, -0.2) is 8.42 Å². The number of furan rings is 1. The van der Waals surface area contributed by atoms with Crippen molar-refractivity contribution in [2.24, 2.45) is 5.92 Å². The van der Waals surface area contributed by atoms with Gasteiger partial charge in [-0.2, -0.15) is 4.31 Å². The zero-order valence-corrected chi connectivity index (χ0v) is 19.2. The molecule has 1 fully saturated rings. The Hall–Kier alpha value is -2.12. The molecule has 7 heteroatoms. The molecule has 1 aliphatic heterocycles.